The first kappa shape index (κ1) is 25.1. The van der Waals surface area contributed by atoms with E-state index in [-0.39, 0.29) is 12.0 Å². The summed E-state index contributed by atoms with van der Waals surface area (Å²) in [6.45, 7) is 3.42. The molecule has 1 saturated heterocycles. The third-order valence-electron chi connectivity index (χ3n) is 6.14. The highest BCUT2D eigenvalue weighted by Crippen LogP contribution is 2.30. The van der Waals surface area contributed by atoms with Crippen molar-refractivity contribution in [3.63, 3.8) is 0 Å². The van der Waals surface area contributed by atoms with E-state index in [4.69, 9.17) is 18.9 Å². The molecule has 3 aromatic rings. The monoisotopic (exact) mass is 478 g/mol. The molecule has 7 heteroatoms. The van der Waals surface area contributed by atoms with Gasteiger partial charge in [0.1, 0.15) is 11.5 Å². The molecule has 2 aromatic carbocycles. The first-order valence-corrected chi connectivity index (χ1v) is 12.1. The van der Waals surface area contributed by atoms with Gasteiger partial charge in [-0.1, -0.05) is 30.3 Å². The highest BCUT2D eigenvalue weighted by atomic mass is 16.5. The number of rotatable bonds is 12. The van der Waals surface area contributed by atoms with Crippen LogP contribution in [0.2, 0.25) is 0 Å². The van der Waals surface area contributed by atoms with E-state index in [2.05, 4.69) is 10.3 Å². The molecule has 35 heavy (non-hydrogen) atoms. The molecule has 1 aliphatic heterocycles. The van der Waals surface area contributed by atoms with Crippen LogP contribution in [0.3, 0.4) is 0 Å². The Labute approximate surface area is 207 Å². The van der Waals surface area contributed by atoms with Crippen molar-refractivity contribution in [3.8, 4) is 11.5 Å². The number of ether oxygens (including phenoxy) is 4. The maximum atomic E-state index is 10.7. The first-order valence-electron chi connectivity index (χ1n) is 12.1. The van der Waals surface area contributed by atoms with Crippen molar-refractivity contribution in [2.75, 3.05) is 33.4 Å². The van der Waals surface area contributed by atoms with Crippen LogP contribution in [0.5, 0.6) is 11.5 Å². The van der Waals surface area contributed by atoms with E-state index >= 15 is 0 Å². The van der Waals surface area contributed by atoms with Gasteiger partial charge in [0, 0.05) is 43.4 Å². The topological polar surface area (TPSA) is 82.1 Å². The summed E-state index contributed by atoms with van der Waals surface area (Å²) in [6, 6.07) is 19.7. The SMILES string of the molecule is COc1ccccc1COCCCOc1ccc(C2C(O)CNCC2OCc2ccncc2)cc1. The predicted molar refractivity (Wildman–Crippen MR) is 134 cm³/mol. The van der Waals surface area contributed by atoms with Gasteiger partial charge in [0.2, 0.25) is 0 Å². The molecule has 0 radical (unpaired) electrons. The molecule has 7 nitrogen and oxygen atoms in total. The summed E-state index contributed by atoms with van der Waals surface area (Å²) in [7, 11) is 1.67. The van der Waals surface area contributed by atoms with Gasteiger partial charge in [-0.05, 0) is 41.5 Å². The van der Waals surface area contributed by atoms with Crippen LogP contribution in [0.1, 0.15) is 29.0 Å². The maximum Gasteiger partial charge on any atom is 0.124 e. The second kappa shape index (κ2) is 13.2. The van der Waals surface area contributed by atoms with Gasteiger partial charge in [-0.3, -0.25) is 4.98 Å². The molecule has 2 heterocycles. The van der Waals surface area contributed by atoms with Crippen LogP contribution in [0, 0.1) is 0 Å². The lowest BCUT2D eigenvalue weighted by Gasteiger charge is -2.36. The average Bonchev–Trinajstić information content (AvgIpc) is 2.91. The third kappa shape index (κ3) is 7.26. The number of aliphatic hydroxyl groups excluding tert-OH is 1. The summed E-state index contributed by atoms with van der Waals surface area (Å²) >= 11 is 0. The molecule has 1 aromatic heterocycles. The molecule has 186 valence electrons. The highest BCUT2D eigenvalue weighted by Gasteiger charge is 2.34. The number of aromatic nitrogens is 1. The molecule has 0 spiro atoms. The van der Waals surface area contributed by atoms with Crippen molar-refractivity contribution in [2.24, 2.45) is 0 Å². The Morgan fingerprint density at radius 2 is 1.74 bits per heavy atom. The van der Waals surface area contributed by atoms with Crippen LogP contribution >= 0.6 is 0 Å². The predicted octanol–water partition coefficient (Wildman–Crippen LogP) is 3.71. The van der Waals surface area contributed by atoms with E-state index < -0.39 is 6.10 Å². The highest BCUT2D eigenvalue weighted by molar-refractivity contribution is 5.33. The smallest absolute Gasteiger partial charge is 0.124 e. The lowest BCUT2D eigenvalue weighted by Crippen LogP contribution is -2.49. The van der Waals surface area contributed by atoms with Gasteiger partial charge in [-0.25, -0.2) is 0 Å². The fourth-order valence-corrected chi connectivity index (χ4v) is 4.30. The Kier molecular flexibility index (Phi) is 9.48. The first-order chi connectivity index (χ1) is 17.2. The largest absolute Gasteiger partial charge is 0.496 e. The van der Waals surface area contributed by atoms with E-state index in [1.165, 1.54) is 0 Å². The van der Waals surface area contributed by atoms with Gasteiger partial charge >= 0.3 is 0 Å². The zero-order chi connectivity index (χ0) is 24.3. The van der Waals surface area contributed by atoms with E-state index in [1.54, 1.807) is 19.5 Å². The Bertz CT molecular complexity index is 1020. The van der Waals surface area contributed by atoms with Crippen LogP contribution in [0.15, 0.2) is 73.1 Å². The number of para-hydroxylation sites is 1. The molecule has 0 bridgehead atoms. The molecule has 2 N–H and O–H groups in total. The minimum atomic E-state index is -0.515. The van der Waals surface area contributed by atoms with Gasteiger partial charge in [-0.15, -0.1) is 0 Å². The minimum Gasteiger partial charge on any atom is -0.496 e. The molecule has 1 aliphatic rings. The van der Waals surface area contributed by atoms with Crippen molar-refractivity contribution >= 4 is 0 Å². The number of methoxy groups -OCH3 is 1. The minimum absolute atomic E-state index is 0.101. The van der Waals surface area contributed by atoms with E-state index in [0.717, 1.165) is 34.6 Å². The van der Waals surface area contributed by atoms with Gasteiger partial charge in [0.05, 0.1) is 45.7 Å². The molecular formula is C28H34N2O5. The van der Waals surface area contributed by atoms with Crippen LogP contribution in [0.4, 0.5) is 0 Å². The number of hydrogen-bond donors (Lipinski definition) is 2. The number of pyridine rings is 1. The lowest BCUT2D eigenvalue weighted by atomic mass is 9.85. The van der Waals surface area contributed by atoms with Crippen molar-refractivity contribution in [2.45, 2.75) is 37.8 Å². The summed E-state index contributed by atoms with van der Waals surface area (Å²) in [6.07, 6.45) is 3.66. The zero-order valence-corrected chi connectivity index (χ0v) is 20.1. The van der Waals surface area contributed by atoms with Crippen molar-refractivity contribution in [1.29, 1.82) is 0 Å². The molecule has 0 saturated carbocycles. The molecular weight excluding hydrogens is 444 g/mol. The molecule has 4 rings (SSSR count). The number of nitrogens with one attached hydrogen (secondary N) is 1. The molecule has 3 atom stereocenters. The Hall–Kier alpha value is -2.97. The summed E-state index contributed by atoms with van der Waals surface area (Å²) in [5.41, 5.74) is 3.15. The Morgan fingerprint density at radius 3 is 2.54 bits per heavy atom. The van der Waals surface area contributed by atoms with Crippen LogP contribution in [0.25, 0.3) is 0 Å². The second-order valence-electron chi connectivity index (χ2n) is 8.59. The molecule has 3 unspecified atom stereocenters. The van der Waals surface area contributed by atoms with Gasteiger partial charge < -0.3 is 29.4 Å². The molecule has 0 aliphatic carbocycles. The number of β-amino-alcohol motifs (C(OH)–C–C–N with tert-alkyl or cyclic N) is 1. The average molecular weight is 479 g/mol. The maximum absolute atomic E-state index is 10.7. The Balaban J connectivity index is 1.23. The number of aliphatic hydroxyl groups is 1. The van der Waals surface area contributed by atoms with Gasteiger partial charge in [-0.2, -0.15) is 0 Å². The standard InChI is InChI=1S/C28H34N2O5/c1-32-26-6-3-2-5-23(26)20-33-15-4-16-34-24-9-7-22(8-10-24)28-25(31)17-30-18-27(28)35-19-21-11-13-29-14-12-21/h2-3,5-14,25,27-28,30-31H,4,15-20H2,1H3. The van der Waals surface area contributed by atoms with Crippen LogP contribution in [-0.4, -0.2) is 55.7 Å². The number of benzene rings is 2. The number of nitrogens with zero attached hydrogens (tertiary/aromatic N) is 1. The summed E-state index contributed by atoms with van der Waals surface area (Å²) in [5.74, 6) is 1.54. The van der Waals surface area contributed by atoms with Crippen molar-refractivity contribution in [3.05, 3.63) is 89.7 Å². The van der Waals surface area contributed by atoms with Crippen molar-refractivity contribution < 1.29 is 24.1 Å². The fraction of sp³-hybridized carbons (Fsp3) is 0.393. The molecule has 0 amide bonds. The Morgan fingerprint density at radius 1 is 0.943 bits per heavy atom. The lowest BCUT2D eigenvalue weighted by molar-refractivity contribution is -0.0328. The summed E-state index contributed by atoms with van der Waals surface area (Å²) < 4.78 is 23.2. The van der Waals surface area contributed by atoms with Crippen LogP contribution in [-0.2, 0) is 22.7 Å². The summed E-state index contributed by atoms with van der Waals surface area (Å²) in [4.78, 5) is 4.05. The zero-order valence-electron chi connectivity index (χ0n) is 20.1. The number of piperidine rings is 1. The summed E-state index contributed by atoms with van der Waals surface area (Å²) in [5, 5.41) is 14.0. The van der Waals surface area contributed by atoms with E-state index in [1.807, 2.05) is 60.7 Å². The number of hydrogen-bond acceptors (Lipinski definition) is 7. The van der Waals surface area contributed by atoms with Crippen LogP contribution < -0.4 is 14.8 Å². The molecule has 1 fully saturated rings. The third-order valence-corrected chi connectivity index (χ3v) is 6.14. The normalized spacial score (nSPS) is 19.9. The van der Waals surface area contributed by atoms with Crippen molar-refractivity contribution in [1.82, 2.24) is 10.3 Å². The quantitative estimate of drug-likeness (QED) is 0.384. The van der Waals surface area contributed by atoms with E-state index in [0.29, 0.717) is 39.5 Å². The second-order valence-corrected chi connectivity index (χ2v) is 8.59. The fourth-order valence-electron chi connectivity index (χ4n) is 4.30. The van der Waals surface area contributed by atoms with Gasteiger partial charge in [0.15, 0.2) is 0 Å². The van der Waals surface area contributed by atoms with Gasteiger partial charge in [0.25, 0.3) is 0 Å². The van der Waals surface area contributed by atoms with E-state index in [9.17, 15) is 5.11 Å².